The van der Waals surface area contributed by atoms with Gasteiger partial charge in [-0.2, -0.15) is 0 Å². The number of aliphatic hydroxyl groups is 2. The van der Waals surface area contributed by atoms with Crippen molar-refractivity contribution in [3.05, 3.63) is 33.1 Å². The van der Waals surface area contributed by atoms with Gasteiger partial charge in [-0.05, 0) is 6.92 Å². The van der Waals surface area contributed by atoms with Gasteiger partial charge in [-0.3, -0.25) is 19.1 Å². The number of aliphatic carboxylic acids is 1. The Morgan fingerprint density at radius 1 is 1.26 bits per heavy atom. The van der Waals surface area contributed by atoms with E-state index >= 15 is 0 Å². The summed E-state index contributed by atoms with van der Waals surface area (Å²) >= 11 is 0. The van der Waals surface area contributed by atoms with Crippen LogP contribution in [-0.2, 0) is 28.5 Å². The molecule has 5 N–H and O–H groups in total. The highest BCUT2D eigenvalue weighted by Crippen LogP contribution is 2.30. The molecule has 190 valence electrons. The molecule has 34 heavy (non-hydrogen) atoms. The maximum Gasteiger partial charge on any atom is 0.407 e. The number of hydrogen-bond donors (Lipinski definition) is 5. The third-order valence-electron chi connectivity index (χ3n) is 4.67. The molecule has 15 nitrogen and oxygen atoms in total. The summed E-state index contributed by atoms with van der Waals surface area (Å²) in [6, 6.07) is 1.04. The van der Waals surface area contributed by atoms with Gasteiger partial charge in [0.25, 0.3) is 5.56 Å². The van der Waals surface area contributed by atoms with E-state index in [1.165, 1.54) is 6.92 Å². The number of carboxylic acid groups (broad SMARTS) is 1. The van der Waals surface area contributed by atoms with Crippen molar-refractivity contribution in [2.45, 2.75) is 44.0 Å². The van der Waals surface area contributed by atoms with Crippen molar-refractivity contribution in [2.24, 2.45) is 0 Å². The molecule has 0 aromatic carbocycles. The van der Waals surface area contributed by atoms with E-state index < -0.39 is 60.6 Å². The number of carbonyl (C=O) groups is 3. The van der Waals surface area contributed by atoms with Crippen molar-refractivity contribution in [3.63, 3.8) is 0 Å². The number of carboxylic acids is 1. The minimum atomic E-state index is -1.45. The Bertz CT molecular complexity index is 960. The Hall–Kier alpha value is -3.11. The topological polar surface area (TPSA) is 216 Å². The molecule has 1 aromatic heterocycles. The minimum Gasteiger partial charge on any atom is -0.479 e. The molecule has 1 amide bonds. The smallest absolute Gasteiger partial charge is 0.407 e. The zero-order chi connectivity index (χ0) is 25.3. The van der Waals surface area contributed by atoms with Gasteiger partial charge in [0.1, 0.15) is 18.0 Å². The molecule has 2 rings (SSSR count). The van der Waals surface area contributed by atoms with Gasteiger partial charge >= 0.3 is 17.8 Å². The first-order valence-electron chi connectivity index (χ1n) is 10.3. The highest BCUT2D eigenvalue weighted by molar-refractivity contribution is 5.83. The molecule has 5 atom stereocenters. The number of amides is 1. The lowest BCUT2D eigenvalue weighted by Crippen LogP contribution is -2.42. The molecule has 1 fully saturated rings. The largest absolute Gasteiger partial charge is 0.479 e. The maximum absolute atomic E-state index is 12.1. The Kier molecular flexibility index (Phi) is 10.3. The number of aliphatic hydroxyl groups excluding tert-OH is 2. The second kappa shape index (κ2) is 13.0. The predicted octanol–water partition coefficient (Wildman–Crippen LogP) is -2.65. The molecule has 0 spiro atoms. The molecular weight excluding hydrogens is 462 g/mol. The highest BCUT2D eigenvalue weighted by atomic mass is 16.6. The van der Waals surface area contributed by atoms with E-state index in [0.29, 0.717) is 0 Å². The van der Waals surface area contributed by atoms with Crippen LogP contribution >= 0.6 is 0 Å². The SMILES string of the molecule is CC(=O)CC(OCCOCCNC(=O)O[C@@H]1[C@H](O)[C@@H](CO)O[C@H]1n1ccc(=O)[nH]c1=O)C(=O)O. The first-order chi connectivity index (χ1) is 16.1. The van der Waals surface area contributed by atoms with E-state index in [1.54, 1.807) is 0 Å². The van der Waals surface area contributed by atoms with Crippen molar-refractivity contribution in [2.75, 3.05) is 33.0 Å². The third kappa shape index (κ3) is 7.74. The molecule has 0 bridgehead atoms. The number of ketones is 1. The summed E-state index contributed by atoms with van der Waals surface area (Å²) in [7, 11) is 0. The normalized spacial score (nSPS) is 22.8. The molecule has 2 heterocycles. The number of aromatic nitrogens is 2. The summed E-state index contributed by atoms with van der Waals surface area (Å²) in [4.78, 5) is 59.4. The fourth-order valence-electron chi connectivity index (χ4n) is 3.07. The molecule has 1 saturated heterocycles. The van der Waals surface area contributed by atoms with Crippen LogP contribution in [0.2, 0.25) is 0 Å². The minimum absolute atomic E-state index is 0.00295. The van der Waals surface area contributed by atoms with Gasteiger partial charge in [0.15, 0.2) is 18.4 Å². The molecule has 15 heteroatoms. The van der Waals surface area contributed by atoms with E-state index in [-0.39, 0.29) is 38.6 Å². The molecule has 0 aliphatic carbocycles. The van der Waals surface area contributed by atoms with Crippen LogP contribution in [0.4, 0.5) is 4.79 Å². The number of carbonyl (C=O) groups excluding carboxylic acids is 2. The Labute approximate surface area is 192 Å². The molecule has 1 aliphatic rings. The van der Waals surface area contributed by atoms with Crippen LogP contribution in [0.25, 0.3) is 0 Å². The third-order valence-corrected chi connectivity index (χ3v) is 4.67. The predicted molar refractivity (Wildman–Crippen MR) is 110 cm³/mol. The molecule has 1 aliphatic heterocycles. The van der Waals surface area contributed by atoms with E-state index in [1.807, 2.05) is 4.98 Å². The van der Waals surface area contributed by atoms with Crippen LogP contribution < -0.4 is 16.6 Å². The van der Waals surface area contributed by atoms with Gasteiger partial charge in [0.2, 0.25) is 0 Å². The van der Waals surface area contributed by atoms with Crippen LogP contribution in [0.1, 0.15) is 19.6 Å². The second-order valence-corrected chi connectivity index (χ2v) is 7.27. The van der Waals surface area contributed by atoms with Gasteiger partial charge < -0.3 is 39.6 Å². The first-order valence-corrected chi connectivity index (χ1v) is 10.3. The number of H-pyrrole nitrogens is 1. The number of nitrogens with zero attached hydrogens (tertiary/aromatic N) is 1. The second-order valence-electron chi connectivity index (χ2n) is 7.27. The van der Waals surface area contributed by atoms with Crippen molar-refractivity contribution in [3.8, 4) is 0 Å². The number of rotatable bonds is 13. The van der Waals surface area contributed by atoms with Crippen LogP contribution in [-0.4, -0.2) is 100 Å². The maximum atomic E-state index is 12.1. The van der Waals surface area contributed by atoms with Gasteiger partial charge in [-0.25, -0.2) is 14.4 Å². The van der Waals surface area contributed by atoms with E-state index in [2.05, 4.69) is 5.32 Å². The van der Waals surface area contributed by atoms with E-state index in [4.69, 9.17) is 24.1 Å². The average Bonchev–Trinajstić information content (AvgIpc) is 3.07. The lowest BCUT2D eigenvalue weighted by Gasteiger charge is -2.22. The molecule has 1 aromatic rings. The van der Waals surface area contributed by atoms with Gasteiger partial charge in [0, 0.05) is 25.2 Å². The van der Waals surface area contributed by atoms with Crippen LogP contribution in [0, 0.1) is 0 Å². The lowest BCUT2D eigenvalue weighted by atomic mass is 10.1. The Balaban J connectivity index is 1.79. The van der Waals surface area contributed by atoms with Crippen molar-refractivity contribution >= 4 is 17.8 Å². The van der Waals surface area contributed by atoms with Crippen LogP contribution in [0.5, 0.6) is 0 Å². The zero-order valence-corrected chi connectivity index (χ0v) is 18.2. The summed E-state index contributed by atoms with van der Waals surface area (Å²) in [5.41, 5.74) is -1.52. The zero-order valence-electron chi connectivity index (χ0n) is 18.2. The number of ether oxygens (including phenoxy) is 4. The lowest BCUT2D eigenvalue weighted by molar-refractivity contribution is -0.153. The monoisotopic (exact) mass is 489 g/mol. The number of Topliss-reactive ketones (excluding diaryl/α,β-unsaturated/α-hetero) is 1. The number of aromatic amines is 1. The fraction of sp³-hybridized carbons (Fsp3) is 0.632. The number of hydrogen-bond acceptors (Lipinski definition) is 11. The van der Waals surface area contributed by atoms with Crippen molar-refractivity contribution in [1.82, 2.24) is 14.9 Å². The van der Waals surface area contributed by atoms with Crippen molar-refractivity contribution < 1.29 is 48.7 Å². The number of alkyl carbamates (subject to hydrolysis) is 1. The molecule has 0 saturated carbocycles. The van der Waals surface area contributed by atoms with Crippen molar-refractivity contribution in [1.29, 1.82) is 0 Å². The Morgan fingerprint density at radius 3 is 2.62 bits per heavy atom. The molecule has 0 radical (unpaired) electrons. The fourth-order valence-corrected chi connectivity index (χ4v) is 3.07. The first kappa shape index (κ1) is 27.1. The highest BCUT2D eigenvalue weighted by Gasteiger charge is 2.47. The summed E-state index contributed by atoms with van der Waals surface area (Å²) < 4.78 is 21.8. The van der Waals surface area contributed by atoms with Crippen LogP contribution in [0.15, 0.2) is 21.9 Å². The van der Waals surface area contributed by atoms with E-state index in [0.717, 1.165) is 16.8 Å². The summed E-state index contributed by atoms with van der Waals surface area (Å²) in [6.45, 7) is 0.547. The Morgan fingerprint density at radius 2 is 2.00 bits per heavy atom. The van der Waals surface area contributed by atoms with Gasteiger partial charge in [0.05, 0.1) is 26.4 Å². The average molecular weight is 489 g/mol. The summed E-state index contributed by atoms with van der Waals surface area (Å²) in [5, 5.41) is 31.0. The van der Waals surface area contributed by atoms with Gasteiger partial charge in [-0.15, -0.1) is 0 Å². The quantitative estimate of drug-likeness (QED) is 0.180. The standard InChI is InChI=1S/C19H27N3O12/c1-10(24)8-11(17(27)28)32-7-6-31-5-3-20-19(30)34-15-14(26)12(9-23)33-16(15)22-4-2-13(25)21-18(22)29/h2,4,11-12,14-16,23,26H,3,5-9H2,1H3,(H,20,30)(H,27,28)(H,21,25,29)/t11?,12-,14-,15-,16-/m1/s1. The molecule has 1 unspecified atom stereocenters. The van der Waals surface area contributed by atoms with Crippen LogP contribution in [0.3, 0.4) is 0 Å². The number of nitrogens with one attached hydrogen (secondary N) is 2. The summed E-state index contributed by atoms with van der Waals surface area (Å²) in [6.07, 6.45) is -6.65. The molecular formula is C19H27N3O12. The van der Waals surface area contributed by atoms with Gasteiger partial charge in [-0.1, -0.05) is 0 Å². The van der Waals surface area contributed by atoms with E-state index in [9.17, 15) is 34.2 Å². The summed E-state index contributed by atoms with van der Waals surface area (Å²) in [5.74, 6) is -1.59.